The first-order valence-corrected chi connectivity index (χ1v) is 14.9. The summed E-state index contributed by atoms with van der Waals surface area (Å²) in [7, 11) is -2.18. The Balaban J connectivity index is 0.00000138. The van der Waals surface area contributed by atoms with Crippen LogP contribution in [0.3, 0.4) is 0 Å². The van der Waals surface area contributed by atoms with Crippen molar-refractivity contribution in [1.82, 2.24) is 0 Å². The van der Waals surface area contributed by atoms with E-state index < -0.39 is 8.32 Å². The first-order chi connectivity index (χ1) is 15.1. The molecule has 2 aliphatic carbocycles. The average molecular weight is 585 g/mol. The maximum atomic E-state index is 12.4. The minimum Gasteiger partial charge on any atom is -1.00 e. The monoisotopic (exact) mass is 583 g/mol. The molecule has 0 aliphatic heterocycles. The molecule has 0 bridgehead atoms. The number of rotatable bonds is 7. The van der Waals surface area contributed by atoms with Crippen LogP contribution >= 0.6 is 11.6 Å². The summed E-state index contributed by atoms with van der Waals surface area (Å²) in [6, 6.07) is 3.17. The van der Waals surface area contributed by atoms with E-state index in [2.05, 4.69) is 53.3 Å². The molecule has 0 spiro atoms. The Bertz CT molecular complexity index is 724. The zero-order chi connectivity index (χ0) is 23.9. The third-order valence-corrected chi connectivity index (χ3v) is 13.4. The van der Waals surface area contributed by atoms with Crippen LogP contribution in [-0.4, -0.2) is 42.4 Å². The van der Waals surface area contributed by atoms with Crippen molar-refractivity contribution in [2.45, 2.75) is 110 Å². The number of carbonyl (C=O) groups is 1. The Morgan fingerprint density at radius 2 is 1.53 bits per heavy atom. The second-order valence-corrected chi connectivity index (χ2v) is 16.0. The number of amides is 1. The standard InChI is InChI=1S/C21H34ClNO3Si.C5H9.BrH.Mg/c1-13(2)27(14(3)4,15(5)6)26-20-12-19(24)18(11-17(20)22)23-21(25)16-9-7-8-10-16;1-2-4-5-3-1;;/h11-16,24H,7-10H2,1-6H3,(H,23,25);1H,2-5H2;1H;/q;-1;;+2/p-1. The minimum absolute atomic E-state index is 0. The van der Waals surface area contributed by atoms with E-state index in [-0.39, 0.29) is 57.6 Å². The molecule has 3 rings (SSSR count). The summed E-state index contributed by atoms with van der Waals surface area (Å²) in [5.74, 6) is 0.500. The van der Waals surface area contributed by atoms with Gasteiger partial charge in [-0.05, 0) is 35.5 Å². The van der Waals surface area contributed by atoms with E-state index in [1.54, 1.807) is 12.1 Å². The molecule has 8 heteroatoms. The SMILES string of the molecule is CC(C)[Si](Oc1cc(O)c(NC(=O)C2CCCC2)cc1Cl)(C(C)C)C(C)C.[Br-].[CH-]1CCCC1.[Mg+2]. The van der Waals surface area contributed by atoms with Crippen molar-refractivity contribution in [2.75, 3.05) is 5.32 Å². The van der Waals surface area contributed by atoms with E-state index in [0.717, 1.165) is 25.7 Å². The van der Waals surface area contributed by atoms with Gasteiger partial charge in [0.05, 0.1) is 10.7 Å². The second kappa shape index (κ2) is 16.0. The number of benzene rings is 1. The van der Waals surface area contributed by atoms with Gasteiger partial charge >= 0.3 is 23.1 Å². The molecule has 2 fully saturated rings. The summed E-state index contributed by atoms with van der Waals surface area (Å²) < 4.78 is 6.59. The molecule has 0 radical (unpaired) electrons. The molecular formula is C26H43BrClMgNO3Si. The minimum atomic E-state index is -2.18. The normalized spacial score (nSPS) is 16.1. The summed E-state index contributed by atoms with van der Waals surface area (Å²) in [6.45, 7) is 13.2. The van der Waals surface area contributed by atoms with Crippen LogP contribution in [0.5, 0.6) is 11.5 Å². The zero-order valence-corrected chi connectivity index (χ0v) is 26.7. The molecule has 34 heavy (non-hydrogen) atoms. The van der Waals surface area contributed by atoms with Gasteiger partial charge in [-0.1, -0.05) is 78.8 Å². The molecule has 1 aromatic rings. The van der Waals surface area contributed by atoms with E-state index in [1.807, 2.05) is 0 Å². The molecular weight excluding hydrogens is 542 g/mol. The van der Waals surface area contributed by atoms with Gasteiger partial charge in [0.15, 0.2) is 0 Å². The van der Waals surface area contributed by atoms with Crippen molar-refractivity contribution in [3.05, 3.63) is 23.6 Å². The molecule has 0 heterocycles. The van der Waals surface area contributed by atoms with Crippen molar-refractivity contribution in [1.29, 1.82) is 0 Å². The Morgan fingerprint density at radius 3 is 1.94 bits per heavy atom. The van der Waals surface area contributed by atoms with Crippen LogP contribution in [-0.2, 0) is 4.79 Å². The summed E-state index contributed by atoms with van der Waals surface area (Å²) in [5, 5.41) is 13.7. The molecule has 2 N–H and O–H groups in total. The van der Waals surface area contributed by atoms with Gasteiger partial charge in [-0.2, -0.15) is 12.8 Å². The van der Waals surface area contributed by atoms with E-state index in [0.29, 0.717) is 33.1 Å². The summed E-state index contributed by atoms with van der Waals surface area (Å²) in [5.41, 5.74) is 1.56. The number of carbonyl (C=O) groups excluding carboxylic acids is 1. The summed E-state index contributed by atoms with van der Waals surface area (Å²) in [4.78, 5) is 12.4. The number of hydrogen-bond donors (Lipinski definition) is 2. The van der Waals surface area contributed by atoms with Gasteiger partial charge in [0, 0.05) is 12.0 Å². The van der Waals surface area contributed by atoms with Gasteiger partial charge in [0.1, 0.15) is 11.5 Å². The third kappa shape index (κ3) is 8.86. The number of nitrogens with one attached hydrogen (secondary N) is 1. The van der Waals surface area contributed by atoms with Crippen LogP contribution in [0.1, 0.15) is 92.9 Å². The third-order valence-electron chi connectivity index (χ3n) is 7.09. The van der Waals surface area contributed by atoms with Crippen LogP contribution in [0.2, 0.25) is 21.6 Å². The van der Waals surface area contributed by atoms with Gasteiger partial charge in [-0.25, -0.2) is 0 Å². The zero-order valence-electron chi connectivity index (χ0n) is 21.9. The Hall–Kier alpha value is 0.0431. The van der Waals surface area contributed by atoms with Crippen molar-refractivity contribution in [2.24, 2.45) is 5.92 Å². The average Bonchev–Trinajstić information content (AvgIpc) is 3.45. The van der Waals surface area contributed by atoms with Gasteiger partial charge < -0.3 is 38.3 Å². The quantitative estimate of drug-likeness (QED) is 0.266. The number of halogens is 2. The number of anilines is 1. The Kier molecular flexibility index (Phi) is 16.0. The van der Waals surface area contributed by atoms with Crippen molar-refractivity contribution < 1.29 is 31.3 Å². The van der Waals surface area contributed by atoms with Crippen LogP contribution in [0.4, 0.5) is 5.69 Å². The fraction of sp³-hybridized carbons (Fsp3) is 0.692. The molecule has 4 nitrogen and oxygen atoms in total. The molecule has 2 saturated carbocycles. The van der Waals surface area contributed by atoms with Crippen molar-refractivity contribution in [3.63, 3.8) is 0 Å². The fourth-order valence-electron chi connectivity index (χ4n) is 5.41. The van der Waals surface area contributed by atoms with Gasteiger partial charge in [-0.3, -0.25) is 4.79 Å². The summed E-state index contributed by atoms with van der Waals surface area (Å²) in [6.07, 6.45) is 12.0. The van der Waals surface area contributed by atoms with Gasteiger partial charge in [0.25, 0.3) is 8.32 Å². The first-order valence-electron chi connectivity index (χ1n) is 12.4. The fourth-order valence-corrected chi connectivity index (χ4v) is 10.9. The smallest absolute Gasteiger partial charge is 1.00 e. The van der Waals surface area contributed by atoms with Crippen LogP contribution < -0.4 is 26.7 Å². The number of phenols is 1. The van der Waals surface area contributed by atoms with Gasteiger partial charge in [-0.15, -0.1) is 0 Å². The van der Waals surface area contributed by atoms with E-state index >= 15 is 0 Å². The van der Waals surface area contributed by atoms with E-state index in [1.165, 1.54) is 25.7 Å². The maximum Gasteiger partial charge on any atom is 2.00 e. The Labute approximate surface area is 240 Å². The Morgan fingerprint density at radius 1 is 1.03 bits per heavy atom. The van der Waals surface area contributed by atoms with Crippen molar-refractivity contribution >= 4 is 54.6 Å². The van der Waals surface area contributed by atoms with Crippen LogP contribution in [0.25, 0.3) is 0 Å². The number of hydrogen-bond acceptors (Lipinski definition) is 3. The number of phenolic OH excluding ortho intramolecular Hbond substituents is 1. The predicted molar refractivity (Wildman–Crippen MR) is 144 cm³/mol. The molecule has 1 amide bonds. The molecule has 0 atom stereocenters. The number of aromatic hydroxyl groups is 1. The second-order valence-electron chi connectivity index (χ2n) is 10.3. The van der Waals surface area contributed by atoms with Crippen molar-refractivity contribution in [3.8, 4) is 11.5 Å². The first kappa shape index (κ1) is 34.0. The van der Waals surface area contributed by atoms with E-state index in [9.17, 15) is 9.90 Å². The van der Waals surface area contributed by atoms with E-state index in [4.69, 9.17) is 16.0 Å². The molecule has 0 unspecified atom stereocenters. The largest absolute Gasteiger partial charge is 2.00 e. The molecule has 0 aromatic heterocycles. The predicted octanol–water partition coefficient (Wildman–Crippen LogP) is 5.12. The topological polar surface area (TPSA) is 58.6 Å². The molecule has 0 saturated heterocycles. The van der Waals surface area contributed by atoms with Gasteiger partial charge in [0.2, 0.25) is 5.91 Å². The van der Waals surface area contributed by atoms with Crippen LogP contribution in [0, 0.1) is 12.3 Å². The summed E-state index contributed by atoms with van der Waals surface area (Å²) >= 11 is 6.50. The van der Waals surface area contributed by atoms with Crippen LogP contribution in [0.15, 0.2) is 12.1 Å². The maximum absolute atomic E-state index is 12.4. The molecule has 1 aromatic carbocycles. The molecule has 2 aliphatic rings. The molecule has 190 valence electrons.